The van der Waals surface area contributed by atoms with Crippen molar-refractivity contribution in [2.24, 2.45) is 0 Å². The van der Waals surface area contributed by atoms with E-state index in [0.29, 0.717) is 0 Å². The summed E-state index contributed by atoms with van der Waals surface area (Å²) in [5.41, 5.74) is 25.8. The van der Waals surface area contributed by atoms with Gasteiger partial charge in [0.2, 0.25) is 0 Å². The van der Waals surface area contributed by atoms with E-state index in [1.165, 1.54) is 100 Å². The summed E-state index contributed by atoms with van der Waals surface area (Å²) in [4.78, 5) is 2.55. The molecule has 10 aromatic rings. The third kappa shape index (κ3) is 5.39. The first-order valence-electron chi connectivity index (χ1n) is 22.8. The summed E-state index contributed by atoms with van der Waals surface area (Å²) >= 11 is 0. The number of benzene rings is 10. The molecule has 1 nitrogen and oxygen atoms in total. The maximum atomic E-state index is 2.55. The van der Waals surface area contributed by atoms with Crippen molar-refractivity contribution in [3.05, 3.63) is 270 Å². The summed E-state index contributed by atoms with van der Waals surface area (Å²) in [5, 5.41) is 0. The number of rotatable bonds is 6. The Kier molecular flexibility index (Phi) is 8.24. The van der Waals surface area contributed by atoms with Gasteiger partial charge in [0.05, 0.1) is 11.1 Å². The van der Waals surface area contributed by atoms with Crippen LogP contribution in [-0.4, -0.2) is 0 Å². The van der Waals surface area contributed by atoms with E-state index in [1.807, 2.05) is 0 Å². The molecule has 0 bridgehead atoms. The molecule has 0 amide bonds. The van der Waals surface area contributed by atoms with Crippen molar-refractivity contribution in [1.29, 1.82) is 0 Å². The van der Waals surface area contributed by atoms with Crippen LogP contribution < -0.4 is 4.90 Å². The van der Waals surface area contributed by atoms with Gasteiger partial charge >= 0.3 is 0 Å². The van der Waals surface area contributed by atoms with E-state index >= 15 is 0 Å². The van der Waals surface area contributed by atoms with Gasteiger partial charge in [0.1, 0.15) is 0 Å². The molecular weight excluding hydrogens is 783 g/mol. The fraction of sp³-hybridized carbons (Fsp3) is 0.0625. The second kappa shape index (κ2) is 14.3. The zero-order chi connectivity index (χ0) is 43.3. The summed E-state index contributed by atoms with van der Waals surface area (Å²) in [5.74, 6) is 0. The minimum absolute atomic E-state index is 0.170. The first-order valence-corrected chi connectivity index (χ1v) is 22.8. The summed E-state index contributed by atoms with van der Waals surface area (Å²) in [6.45, 7) is 4.76. The lowest BCUT2D eigenvalue weighted by Crippen LogP contribution is -2.26. The Labute approximate surface area is 381 Å². The smallest absolute Gasteiger partial charge is 0.0726 e. The molecule has 0 atom stereocenters. The van der Waals surface area contributed by atoms with Crippen LogP contribution in [0.5, 0.6) is 0 Å². The van der Waals surface area contributed by atoms with Gasteiger partial charge in [-0.3, -0.25) is 0 Å². The molecule has 0 heterocycles. The Bertz CT molecular complexity index is 3460. The van der Waals surface area contributed by atoms with Crippen LogP contribution in [0, 0.1) is 0 Å². The Hall–Kier alpha value is -8.00. The molecule has 1 spiro atoms. The van der Waals surface area contributed by atoms with Crippen LogP contribution in [0.25, 0.3) is 66.8 Å². The molecular formula is C64H45N. The average Bonchev–Trinajstić information content (AvgIpc) is 3.93. The van der Waals surface area contributed by atoms with Gasteiger partial charge in [-0.15, -0.1) is 0 Å². The second-order valence-electron chi connectivity index (χ2n) is 18.4. The van der Waals surface area contributed by atoms with Gasteiger partial charge in [-0.05, 0) is 131 Å². The largest absolute Gasteiger partial charge is 0.310 e. The van der Waals surface area contributed by atoms with Crippen molar-refractivity contribution in [1.82, 2.24) is 0 Å². The van der Waals surface area contributed by atoms with Gasteiger partial charge in [-0.25, -0.2) is 0 Å². The molecule has 0 fully saturated rings. The van der Waals surface area contributed by atoms with Crippen LogP contribution in [0.15, 0.2) is 237 Å². The topological polar surface area (TPSA) is 3.24 Å². The third-order valence-electron chi connectivity index (χ3n) is 14.7. The van der Waals surface area contributed by atoms with Gasteiger partial charge in [0.15, 0.2) is 0 Å². The second-order valence-corrected chi connectivity index (χ2v) is 18.4. The summed E-state index contributed by atoms with van der Waals surface area (Å²) in [7, 11) is 0. The molecule has 0 saturated heterocycles. The zero-order valence-corrected chi connectivity index (χ0v) is 36.5. The monoisotopic (exact) mass is 827 g/mol. The van der Waals surface area contributed by atoms with E-state index in [-0.39, 0.29) is 5.41 Å². The molecule has 306 valence electrons. The maximum absolute atomic E-state index is 2.55. The van der Waals surface area contributed by atoms with Crippen molar-refractivity contribution < 1.29 is 0 Å². The standard InChI is InChI=1S/C64H45N/c1-63(2)55-30-13-9-25-49(55)53-37-35-46(40-59(53)63)65(61-34-18-29-48(62(61)43-21-7-4-8-22-43)45-24-17-23-44(39-45)42-19-5-3-6-20-42)47-36-38-54-52-28-12-16-33-58(52)64(60(54)41-47)56-31-14-10-26-50(56)51-27-11-15-32-57(51)64/h3-41H,1-2H3. The average molecular weight is 828 g/mol. The minimum Gasteiger partial charge on any atom is -0.310 e. The molecule has 0 unspecified atom stereocenters. The summed E-state index contributed by atoms with van der Waals surface area (Å²) in [6.07, 6.45) is 0. The van der Waals surface area contributed by atoms with E-state index in [0.717, 1.165) is 17.1 Å². The Morgan fingerprint density at radius 2 is 0.692 bits per heavy atom. The molecule has 0 aromatic heterocycles. The fourth-order valence-corrected chi connectivity index (χ4v) is 11.9. The molecule has 13 rings (SSSR count). The zero-order valence-electron chi connectivity index (χ0n) is 36.5. The quantitative estimate of drug-likeness (QED) is 0.161. The van der Waals surface area contributed by atoms with Crippen LogP contribution in [0.3, 0.4) is 0 Å². The highest BCUT2D eigenvalue weighted by Crippen LogP contribution is 2.63. The van der Waals surface area contributed by atoms with Crippen LogP contribution in [0.4, 0.5) is 17.1 Å². The van der Waals surface area contributed by atoms with Crippen molar-refractivity contribution in [2.75, 3.05) is 4.90 Å². The first kappa shape index (κ1) is 37.5. The molecule has 1 heteroatoms. The lowest BCUT2D eigenvalue weighted by molar-refractivity contribution is 0.660. The number of hydrogen-bond donors (Lipinski definition) is 0. The molecule has 0 N–H and O–H groups in total. The Morgan fingerprint density at radius 1 is 0.277 bits per heavy atom. The molecule has 10 aromatic carbocycles. The SMILES string of the molecule is CC1(C)c2ccccc2-c2ccc(N(c3ccc4c(c3)C3(c5ccccc5-c5ccccc53)c3ccccc3-4)c3cccc(-c4cccc(-c5ccccc5)c4)c3-c3ccccc3)cc21. The van der Waals surface area contributed by atoms with E-state index < -0.39 is 5.41 Å². The van der Waals surface area contributed by atoms with Gasteiger partial charge in [0, 0.05) is 22.4 Å². The number of hydrogen-bond acceptors (Lipinski definition) is 1. The predicted octanol–water partition coefficient (Wildman–Crippen LogP) is 16.8. The van der Waals surface area contributed by atoms with Crippen LogP contribution >= 0.6 is 0 Å². The van der Waals surface area contributed by atoms with Crippen LogP contribution in [0.1, 0.15) is 47.2 Å². The molecule has 65 heavy (non-hydrogen) atoms. The Morgan fingerprint density at radius 3 is 1.29 bits per heavy atom. The van der Waals surface area contributed by atoms with Crippen LogP contribution in [0.2, 0.25) is 0 Å². The lowest BCUT2D eigenvalue weighted by atomic mass is 9.70. The highest BCUT2D eigenvalue weighted by Gasteiger charge is 2.51. The van der Waals surface area contributed by atoms with Gasteiger partial charge in [-0.2, -0.15) is 0 Å². The molecule has 0 saturated carbocycles. The summed E-state index contributed by atoms with van der Waals surface area (Å²) < 4.78 is 0. The third-order valence-corrected chi connectivity index (χ3v) is 14.7. The maximum Gasteiger partial charge on any atom is 0.0726 e. The highest BCUT2D eigenvalue weighted by atomic mass is 15.1. The minimum atomic E-state index is -0.468. The van der Waals surface area contributed by atoms with Crippen molar-refractivity contribution in [3.63, 3.8) is 0 Å². The van der Waals surface area contributed by atoms with E-state index in [1.54, 1.807) is 0 Å². The fourth-order valence-electron chi connectivity index (χ4n) is 11.9. The first-order chi connectivity index (χ1) is 32.0. The molecule has 0 radical (unpaired) electrons. The van der Waals surface area contributed by atoms with Crippen molar-refractivity contribution >= 4 is 17.1 Å². The van der Waals surface area contributed by atoms with Crippen molar-refractivity contribution in [3.8, 4) is 66.8 Å². The van der Waals surface area contributed by atoms with Crippen LogP contribution in [-0.2, 0) is 10.8 Å². The predicted molar refractivity (Wildman–Crippen MR) is 271 cm³/mol. The number of nitrogens with zero attached hydrogens (tertiary/aromatic N) is 1. The van der Waals surface area contributed by atoms with E-state index in [4.69, 9.17) is 0 Å². The van der Waals surface area contributed by atoms with Crippen molar-refractivity contribution in [2.45, 2.75) is 24.7 Å². The number of anilines is 3. The van der Waals surface area contributed by atoms with Gasteiger partial charge < -0.3 is 4.90 Å². The molecule has 3 aliphatic carbocycles. The molecule has 0 aliphatic heterocycles. The number of fused-ring (bicyclic) bond motifs is 13. The summed E-state index contributed by atoms with van der Waals surface area (Å²) in [6, 6.07) is 88.4. The van der Waals surface area contributed by atoms with E-state index in [2.05, 4.69) is 255 Å². The Balaban J connectivity index is 1.10. The highest BCUT2D eigenvalue weighted by molar-refractivity contribution is 6.00. The lowest BCUT2D eigenvalue weighted by Gasteiger charge is -2.33. The molecule has 3 aliphatic rings. The normalized spacial score (nSPS) is 13.9. The van der Waals surface area contributed by atoms with E-state index in [9.17, 15) is 0 Å². The van der Waals surface area contributed by atoms with Gasteiger partial charge in [-0.1, -0.05) is 214 Å². The van der Waals surface area contributed by atoms with Gasteiger partial charge in [0.25, 0.3) is 0 Å².